The Kier molecular flexibility index (Phi) is 9.42. The SMILES string of the molecule is CC.CC(=N)/C(C)=C\N=N. The van der Waals surface area contributed by atoms with Crippen LogP contribution in [0.2, 0.25) is 0 Å². The van der Waals surface area contributed by atoms with Crippen LogP contribution in [-0.2, 0) is 0 Å². The van der Waals surface area contributed by atoms with Crippen LogP contribution in [0.3, 0.4) is 0 Å². The average molecular weight is 141 g/mol. The van der Waals surface area contributed by atoms with Gasteiger partial charge in [-0.25, -0.2) is 5.53 Å². The van der Waals surface area contributed by atoms with Crippen molar-refractivity contribution < 1.29 is 0 Å². The van der Waals surface area contributed by atoms with Crippen molar-refractivity contribution in [2.45, 2.75) is 27.7 Å². The summed E-state index contributed by atoms with van der Waals surface area (Å²) in [7, 11) is 0. The third-order valence-corrected chi connectivity index (χ3v) is 0.850. The normalized spacial score (nSPS) is 9.40. The molecule has 3 heteroatoms. The van der Waals surface area contributed by atoms with E-state index in [4.69, 9.17) is 10.9 Å². The summed E-state index contributed by atoms with van der Waals surface area (Å²) in [6.07, 6.45) is 1.35. The Labute approximate surface area is 62.2 Å². The van der Waals surface area contributed by atoms with Crippen LogP contribution >= 0.6 is 0 Å². The molecule has 0 radical (unpaired) electrons. The maximum Gasteiger partial charge on any atom is 0.0535 e. The van der Waals surface area contributed by atoms with Gasteiger partial charge in [0.05, 0.1) is 6.20 Å². The van der Waals surface area contributed by atoms with E-state index in [0.717, 1.165) is 5.57 Å². The lowest BCUT2D eigenvalue weighted by Crippen LogP contribution is -1.87. The van der Waals surface area contributed by atoms with Gasteiger partial charge in [0, 0.05) is 5.71 Å². The van der Waals surface area contributed by atoms with Crippen molar-refractivity contribution in [3.05, 3.63) is 11.8 Å². The number of allylic oxidation sites excluding steroid dienone is 1. The second-order valence-electron chi connectivity index (χ2n) is 1.57. The number of nitrogens with zero attached hydrogens (tertiary/aromatic N) is 1. The van der Waals surface area contributed by atoms with E-state index in [2.05, 4.69) is 5.11 Å². The standard InChI is InChI=1S/C5H9N3.C2H6/c1-4(3-8-7)5(2)6;1-2/h3,6-7H,1-2H3;1-2H3/b4-3-,6-5?,8-7?;. The highest BCUT2D eigenvalue weighted by Gasteiger charge is 1.86. The summed E-state index contributed by atoms with van der Waals surface area (Å²) in [5, 5.41) is 10.00. The Morgan fingerprint density at radius 2 is 1.70 bits per heavy atom. The second kappa shape index (κ2) is 8.01. The summed E-state index contributed by atoms with van der Waals surface area (Å²) in [6.45, 7) is 7.41. The third-order valence-electron chi connectivity index (χ3n) is 0.850. The number of nitrogens with one attached hydrogen (secondary N) is 2. The molecule has 0 atom stereocenters. The molecule has 0 aliphatic rings. The molecule has 0 spiro atoms. The zero-order valence-corrected chi connectivity index (χ0v) is 7.02. The lowest BCUT2D eigenvalue weighted by atomic mass is 10.2. The first-order chi connectivity index (χ1) is 4.68. The van der Waals surface area contributed by atoms with E-state index in [9.17, 15) is 0 Å². The largest absolute Gasteiger partial charge is 0.305 e. The van der Waals surface area contributed by atoms with Crippen LogP contribution < -0.4 is 0 Å². The highest BCUT2D eigenvalue weighted by molar-refractivity contribution is 5.94. The van der Waals surface area contributed by atoms with E-state index in [1.54, 1.807) is 13.8 Å². The van der Waals surface area contributed by atoms with Crippen molar-refractivity contribution in [3.63, 3.8) is 0 Å². The maximum atomic E-state index is 6.99. The molecule has 0 saturated carbocycles. The Morgan fingerprint density at radius 1 is 1.30 bits per heavy atom. The fourth-order valence-electron chi connectivity index (χ4n) is 0.194. The molecule has 0 aliphatic heterocycles. The van der Waals surface area contributed by atoms with Crippen molar-refractivity contribution in [1.29, 1.82) is 10.9 Å². The molecule has 0 heterocycles. The minimum atomic E-state index is 0.459. The van der Waals surface area contributed by atoms with E-state index in [1.165, 1.54) is 6.20 Å². The Balaban J connectivity index is 0. The predicted octanol–water partition coefficient (Wildman–Crippen LogP) is 2.99. The van der Waals surface area contributed by atoms with Crippen molar-refractivity contribution >= 4 is 5.71 Å². The lowest BCUT2D eigenvalue weighted by Gasteiger charge is -1.89. The summed E-state index contributed by atoms with van der Waals surface area (Å²) in [6, 6.07) is 0. The molecule has 0 bridgehead atoms. The van der Waals surface area contributed by atoms with Crippen molar-refractivity contribution in [2.75, 3.05) is 0 Å². The Bertz CT molecular complexity index is 136. The predicted molar refractivity (Wildman–Crippen MR) is 43.7 cm³/mol. The van der Waals surface area contributed by atoms with Crippen molar-refractivity contribution in [1.82, 2.24) is 0 Å². The highest BCUT2D eigenvalue weighted by atomic mass is 14.9. The van der Waals surface area contributed by atoms with E-state index in [1.807, 2.05) is 13.8 Å². The molecule has 0 aromatic rings. The van der Waals surface area contributed by atoms with Crippen LogP contribution in [0, 0.1) is 10.9 Å². The van der Waals surface area contributed by atoms with Gasteiger partial charge in [-0.05, 0) is 19.4 Å². The fourth-order valence-corrected chi connectivity index (χ4v) is 0.194. The highest BCUT2D eigenvalue weighted by Crippen LogP contribution is 1.92. The molecule has 0 saturated heterocycles. The first-order valence-electron chi connectivity index (χ1n) is 3.27. The van der Waals surface area contributed by atoms with Crippen LogP contribution in [-0.4, -0.2) is 5.71 Å². The summed E-state index contributed by atoms with van der Waals surface area (Å²) in [5.41, 5.74) is 7.57. The lowest BCUT2D eigenvalue weighted by molar-refractivity contribution is 1.13. The molecular formula is C7H15N3. The van der Waals surface area contributed by atoms with Gasteiger partial charge in [0.25, 0.3) is 0 Å². The molecule has 3 nitrogen and oxygen atoms in total. The van der Waals surface area contributed by atoms with Gasteiger partial charge in [0.15, 0.2) is 0 Å². The molecule has 0 aromatic heterocycles. The van der Waals surface area contributed by atoms with Crippen LogP contribution in [0.25, 0.3) is 0 Å². The van der Waals surface area contributed by atoms with Gasteiger partial charge >= 0.3 is 0 Å². The van der Waals surface area contributed by atoms with Crippen molar-refractivity contribution in [2.24, 2.45) is 5.11 Å². The van der Waals surface area contributed by atoms with Gasteiger partial charge < -0.3 is 5.41 Å². The molecule has 2 N–H and O–H groups in total. The summed E-state index contributed by atoms with van der Waals surface area (Å²) < 4.78 is 0. The van der Waals surface area contributed by atoms with Crippen molar-refractivity contribution in [3.8, 4) is 0 Å². The second-order valence-corrected chi connectivity index (χ2v) is 1.57. The van der Waals surface area contributed by atoms with Gasteiger partial charge in [-0.1, -0.05) is 13.8 Å². The van der Waals surface area contributed by atoms with Crippen LogP contribution in [0.1, 0.15) is 27.7 Å². The average Bonchev–Trinajstić information content (AvgIpc) is 1.93. The zero-order valence-electron chi connectivity index (χ0n) is 7.02. The summed E-state index contributed by atoms with van der Waals surface area (Å²) in [5.74, 6) is 0. The zero-order chi connectivity index (χ0) is 8.57. The third kappa shape index (κ3) is 7.01. The molecule has 0 fully saturated rings. The molecule has 58 valence electrons. The van der Waals surface area contributed by atoms with Gasteiger partial charge in [-0.2, -0.15) is 5.11 Å². The minimum absolute atomic E-state index is 0.459. The topological polar surface area (TPSA) is 60.1 Å². The maximum absolute atomic E-state index is 6.99. The number of rotatable bonds is 2. The van der Waals surface area contributed by atoms with Crippen LogP contribution in [0.4, 0.5) is 0 Å². The van der Waals surface area contributed by atoms with Gasteiger partial charge in [-0.15, -0.1) is 0 Å². The molecule has 0 amide bonds. The van der Waals surface area contributed by atoms with Gasteiger partial charge in [0.2, 0.25) is 0 Å². The first-order valence-corrected chi connectivity index (χ1v) is 3.27. The van der Waals surface area contributed by atoms with Gasteiger partial charge in [0.1, 0.15) is 0 Å². The number of hydrogen-bond donors (Lipinski definition) is 2. The van der Waals surface area contributed by atoms with Crippen LogP contribution in [0.15, 0.2) is 16.9 Å². The molecular weight excluding hydrogens is 126 g/mol. The molecule has 0 aliphatic carbocycles. The van der Waals surface area contributed by atoms with E-state index >= 15 is 0 Å². The van der Waals surface area contributed by atoms with Gasteiger partial charge in [-0.3, -0.25) is 0 Å². The molecule has 10 heavy (non-hydrogen) atoms. The fraction of sp³-hybridized carbons (Fsp3) is 0.571. The Morgan fingerprint density at radius 3 is 1.80 bits per heavy atom. The minimum Gasteiger partial charge on any atom is -0.305 e. The van der Waals surface area contributed by atoms with E-state index in [-0.39, 0.29) is 0 Å². The molecule has 0 rings (SSSR count). The first kappa shape index (κ1) is 11.8. The smallest absolute Gasteiger partial charge is 0.0535 e. The quantitative estimate of drug-likeness (QED) is 0.438. The van der Waals surface area contributed by atoms with E-state index < -0.39 is 0 Å². The van der Waals surface area contributed by atoms with E-state index in [0.29, 0.717) is 5.71 Å². The molecule has 0 aromatic carbocycles. The molecule has 0 unspecified atom stereocenters. The summed E-state index contributed by atoms with van der Waals surface area (Å²) in [4.78, 5) is 0. The Hall–Kier alpha value is -0.990. The summed E-state index contributed by atoms with van der Waals surface area (Å²) >= 11 is 0. The van der Waals surface area contributed by atoms with Crippen LogP contribution in [0.5, 0.6) is 0 Å². The monoisotopic (exact) mass is 141 g/mol. The number of hydrogen-bond acceptors (Lipinski definition) is 3.